The van der Waals surface area contributed by atoms with Crippen LogP contribution in [-0.4, -0.2) is 5.11 Å². The molecule has 2 nitrogen and oxygen atoms in total. The molecule has 2 aromatic rings. The molecule has 0 saturated heterocycles. The zero-order valence-corrected chi connectivity index (χ0v) is 10.5. The summed E-state index contributed by atoms with van der Waals surface area (Å²) in [6, 6.07) is 9.03. The van der Waals surface area contributed by atoms with Gasteiger partial charge in [0.1, 0.15) is 23.9 Å². The average molecular weight is 267 g/mol. The number of rotatable bonds is 3. The van der Waals surface area contributed by atoms with Gasteiger partial charge in [0.2, 0.25) is 0 Å². The molecule has 0 saturated carbocycles. The van der Waals surface area contributed by atoms with E-state index >= 15 is 0 Å². The summed E-state index contributed by atoms with van der Waals surface area (Å²) in [4.78, 5) is 0. The molecule has 18 heavy (non-hydrogen) atoms. The molecule has 0 aliphatic rings. The lowest BCUT2D eigenvalue weighted by Gasteiger charge is -2.09. The predicted octanol–water partition coefficient (Wildman–Crippen LogP) is 4.07. The smallest absolute Gasteiger partial charge is 0.123 e. The standard InChI is InChI=1S/C14H12ClFO2/c1-9-4-12(17)7-13(5-9)18-8-10-6-11(16)2-3-14(10)15/h2-7,17H,8H2,1H3. The molecule has 2 rings (SSSR count). The number of hydrogen-bond acceptors (Lipinski definition) is 2. The Kier molecular flexibility index (Phi) is 3.72. The van der Waals surface area contributed by atoms with Crippen LogP contribution in [0.1, 0.15) is 11.1 Å². The van der Waals surface area contributed by atoms with Crippen LogP contribution < -0.4 is 4.74 Å². The average Bonchev–Trinajstić information content (AvgIpc) is 2.29. The van der Waals surface area contributed by atoms with E-state index in [1.165, 1.54) is 24.3 Å². The summed E-state index contributed by atoms with van der Waals surface area (Å²) in [5.74, 6) is 0.299. The highest BCUT2D eigenvalue weighted by Gasteiger charge is 2.04. The van der Waals surface area contributed by atoms with E-state index in [2.05, 4.69) is 0 Å². The minimum atomic E-state index is -0.356. The Bertz CT molecular complexity index is 549. The van der Waals surface area contributed by atoms with Crippen molar-refractivity contribution in [3.63, 3.8) is 0 Å². The van der Waals surface area contributed by atoms with E-state index in [9.17, 15) is 9.50 Å². The summed E-state index contributed by atoms with van der Waals surface area (Å²) in [5, 5.41) is 9.88. The van der Waals surface area contributed by atoms with Gasteiger partial charge < -0.3 is 9.84 Å². The first-order chi connectivity index (χ1) is 8.54. The van der Waals surface area contributed by atoms with Gasteiger partial charge in [0.15, 0.2) is 0 Å². The van der Waals surface area contributed by atoms with Crippen LogP contribution in [0.25, 0.3) is 0 Å². The predicted molar refractivity (Wildman–Crippen MR) is 68.6 cm³/mol. The zero-order valence-electron chi connectivity index (χ0n) is 9.78. The molecule has 0 aliphatic carbocycles. The number of aromatic hydroxyl groups is 1. The molecule has 0 heterocycles. The second kappa shape index (κ2) is 5.27. The molecule has 0 spiro atoms. The number of ether oxygens (including phenoxy) is 1. The van der Waals surface area contributed by atoms with E-state index in [0.29, 0.717) is 16.3 Å². The Hall–Kier alpha value is -1.74. The highest BCUT2D eigenvalue weighted by Crippen LogP contribution is 2.24. The van der Waals surface area contributed by atoms with Crippen molar-refractivity contribution < 1.29 is 14.2 Å². The molecule has 0 fully saturated rings. The Balaban J connectivity index is 2.13. The number of phenols is 1. The van der Waals surface area contributed by atoms with Crippen LogP contribution in [0.4, 0.5) is 4.39 Å². The molecule has 0 amide bonds. The first-order valence-corrected chi connectivity index (χ1v) is 5.80. The second-order valence-corrected chi connectivity index (χ2v) is 4.44. The van der Waals surface area contributed by atoms with Crippen molar-refractivity contribution in [1.29, 1.82) is 0 Å². The Morgan fingerprint density at radius 1 is 1.22 bits per heavy atom. The van der Waals surface area contributed by atoms with Gasteiger partial charge in [-0.2, -0.15) is 0 Å². The fraction of sp³-hybridized carbons (Fsp3) is 0.143. The lowest BCUT2D eigenvalue weighted by molar-refractivity contribution is 0.303. The molecular formula is C14H12ClFO2. The van der Waals surface area contributed by atoms with Gasteiger partial charge in [-0.25, -0.2) is 4.39 Å². The molecule has 0 unspecified atom stereocenters. The quantitative estimate of drug-likeness (QED) is 0.907. The van der Waals surface area contributed by atoms with E-state index in [1.54, 1.807) is 12.1 Å². The molecule has 0 bridgehead atoms. The van der Waals surface area contributed by atoms with Crippen LogP contribution >= 0.6 is 11.6 Å². The van der Waals surface area contributed by atoms with Crippen molar-refractivity contribution in [2.75, 3.05) is 0 Å². The van der Waals surface area contributed by atoms with E-state index in [-0.39, 0.29) is 18.2 Å². The van der Waals surface area contributed by atoms with Gasteiger partial charge in [-0.15, -0.1) is 0 Å². The van der Waals surface area contributed by atoms with E-state index in [0.717, 1.165) is 5.56 Å². The van der Waals surface area contributed by atoms with E-state index in [4.69, 9.17) is 16.3 Å². The van der Waals surface area contributed by atoms with Crippen LogP contribution in [0, 0.1) is 12.7 Å². The third kappa shape index (κ3) is 3.14. The van der Waals surface area contributed by atoms with E-state index < -0.39 is 0 Å². The Labute approximate surface area is 110 Å². The molecule has 0 aliphatic heterocycles. The highest BCUT2D eigenvalue weighted by atomic mass is 35.5. The molecule has 0 aromatic heterocycles. The number of benzene rings is 2. The van der Waals surface area contributed by atoms with Crippen molar-refractivity contribution in [2.45, 2.75) is 13.5 Å². The SMILES string of the molecule is Cc1cc(O)cc(OCc2cc(F)ccc2Cl)c1. The highest BCUT2D eigenvalue weighted by molar-refractivity contribution is 6.31. The fourth-order valence-corrected chi connectivity index (χ4v) is 1.80. The molecule has 0 radical (unpaired) electrons. The minimum absolute atomic E-state index is 0.135. The van der Waals surface area contributed by atoms with Crippen LogP contribution in [0.2, 0.25) is 5.02 Å². The van der Waals surface area contributed by atoms with Crippen LogP contribution in [-0.2, 0) is 6.61 Å². The molecule has 4 heteroatoms. The van der Waals surface area contributed by atoms with Crippen molar-refractivity contribution in [3.05, 3.63) is 58.4 Å². The number of hydrogen-bond donors (Lipinski definition) is 1. The summed E-state index contributed by atoms with van der Waals surface area (Å²) < 4.78 is 18.5. The van der Waals surface area contributed by atoms with Gasteiger partial charge in [-0.1, -0.05) is 11.6 Å². The Morgan fingerprint density at radius 3 is 2.72 bits per heavy atom. The van der Waals surface area contributed by atoms with Crippen molar-refractivity contribution in [2.24, 2.45) is 0 Å². The van der Waals surface area contributed by atoms with Crippen LogP contribution in [0.5, 0.6) is 11.5 Å². The number of halogens is 2. The van der Waals surface area contributed by atoms with Gasteiger partial charge in [0.25, 0.3) is 0 Å². The first-order valence-electron chi connectivity index (χ1n) is 5.42. The largest absolute Gasteiger partial charge is 0.508 e. The Morgan fingerprint density at radius 2 is 2.00 bits per heavy atom. The molecular weight excluding hydrogens is 255 g/mol. The zero-order chi connectivity index (χ0) is 13.1. The lowest BCUT2D eigenvalue weighted by atomic mass is 10.2. The number of aryl methyl sites for hydroxylation is 1. The summed E-state index contributed by atoms with van der Waals surface area (Å²) >= 11 is 5.93. The van der Waals surface area contributed by atoms with Crippen LogP contribution in [0.15, 0.2) is 36.4 Å². The monoisotopic (exact) mass is 266 g/mol. The van der Waals surface area contributed by atoms with Gasteiger partial charge in [0, 0.05) is 16.7 Å². The van der Waals surface area contributed by atoms with Crippen molar-refractivity contribution >= 4 is 11.6 Å². The molecule has 94 valence electrons. The van der Waals surface area contributed by atoms with E-state index in [1.807, 2.05) is 6.92 Å². The van der Waals surface area contributed by atoms with Crippen molar-refractivity contribution in [3.8, 4) is 11.5 Å². The minimum Gasteiger partial charge on any atom is -0.508 e. The number of phenolic OH excluding ortho intramolecular Hbond substituents is 1. The van der Waals surface area contributed by atoms with Gasteiger partial charge in [0.05, 0.1) is 0 Å². The van der Waals surface area contributed by atoms with Gasteiger partial charge >= 0.3 is 0 Å². The molecule has 0 atom stereocenters. The molecule has 1 N–H and O–H groups in total. The molecule has 2 aromatic carbocycles. The van der Waals surface area contributed by atoms with Crippen molar-refractivity contribution in [1.82, 2.24) is 0 Å². The summed E-state index contributed by atoms with van der Waals surface area (Å²) in [6.45, 7) is 2.00. The van der Waals surface area contributed by atoms with Gasteiger partial charge in [-0.05, 0) is 42.8 Å². The third-order valence-corrected chi connectivity index (χ3v) is 2.81. The lowest BCUT2D eigenvalue weighted by Crippen LogP contribution is -1.97. The summed E-state index contributed by atoms with van der Waals surface area (Å²) in [6.07, 6.45) is 0. The summed E-state index contributed by atoms with van der Waals surface area (Å²) in [7, 11) is 0. The normalized spacial score (nSPS) is 10.4. The van der Waals surface area contributed by atoms with Crippen LogP contribution in [0.3, 0.4) is 0 Å². The maximum Gasteiger partial charge on any atom is 0.123 e. The fourth-order valence-electron chi connectivity index (χ4n) is 1.63. The maximum atomic E-state index is 13.0. The first kappa shape index (κ1) is 12.7. The second-order valence-electron chi connectivity index (χ2n) is 4.03. The van der Waals surface area contributed by atoms with Gasteiger partial charge in [-0.3, -0.25) is 0 Å². The maximum absolute atomic E-state index is 13.0. The topological polar surface area (TPSA) is 29.5 Å². The summed E-state index contributed by atoms with van der Waals surface area (Å²) in [5.41, 5.74) is 1.45. The third-order valence-electron chi connectivity index (χ3n) is 2.44.